The maximum Gasteiger partial charge on any atom is 0.0598 e. The summed E-state index contributed by atoms with van der Waals surface area (Å²) in [6.07, 6.45) is 3.38. The first-order chi connectivity index (χ1) is 5.42. The molecule has 0 aromatic rings. The van der Waals surface area contributed by atoms with Crippen molar-refractivity contribution in [2.75, 3.05) is 6.61 Å². The van der Waals surface area contributed by atoms with E-state index in [2.05, 4.69) is 20.8 Å². The summed E-state index contributed by atoms with van der Waals surface area (Å²) in [5.74, 6) is 0. The normalized spacial score (nSPS) is 14.8. The van der Waals surface area contributed by atoms with E-state index in [1.807, 2.05) is 6.92 Å². The van der Waals surface area contributed by atoms with Crippen molar-refractivity contribution in [1.82, 2.24) is 0 Å². The molecule has 0 fully saturated rings. The molecule has 0 aliphatic carbocycles. The van der Waals surface area contributed by atoms with Crippen LogP contribution in [0.3, 0.4) is 0 Å². The summed E-state index contributed by atoms with van der Waals surface area (Å²) in [6.45, 7) is 9.13. The largest absolute Gasteiger partial charge is 0.376 e. The second-order valence-electron chi connectivity index (χ2n) is 4.24. The lowest BCUT2D eigenvalue weighted by Gasteiger charge is -2.19. The monoisotopic (exact) mass is 192 g/mol. The van der Waals surface area contributed by atoms with Gasteiger partial charge in [-0.1, -0.05) is 0 Å². The molecule has 0 radical (unpaired) electrons. The van der Waals surface area contributed by atoms with Gasteiger partial charge in [-0.3, -0.25) is 0 Å². The Hall–Kier alpha value is 0.250. The molecule has 0 aromatic carbocycles. The molecule has 1 unspecified atom stereocenters. The lowest BCUT2D eigenvalue weighted by Crippen LogP contribution is -2.19. The highest BCUT2D eigenvalue weighted by molar-refractivity contribution is 6.20. The highest BCUT2D eigenvalue weighted by atomic mass is 35.5. The predicted octanol–water partition coefficient (Wildman–Crippen LogP) is 3.60. The molecule has 0 aromatic heterocycles. The van der Waals surface area contributed by atoms with E-state index in [1.165, 1.54) is 6.42 Å². The van der Waals surface area contributed by atoms with Crippen molar-refractivity contribution >= 4 is 11.6 Å². The van der Waals surface area contributed by atoms with Gasteiger partial charge in [0.2, 0.25) is 0 Å². The van der Waals surface area contributed by atoms with E-state index in [0.29, 0.717) is 5.38 Å². The van der Waals surface area contributed by atoms with Crippen LogP contribution < -0.4 is 0 Å². The Balaban J connectivity index is 3.12. The van der Waals surface area contributed by atoms with Gasteiger partial charge in [0.1, 0.15) is 0 Å². The molecule has 12 heavy (non-hydrogen) atoms. The van der Waals surface area contributed by atoms with E-state index in [4.69, 9.17) is 16.3 Å². The summed E-state index contributed by atoms with van der Waals surface area (Å²) < 4.78 is 5.57. The van der Waals surface area contributed by atoms with Gasteiger partial charge in [-0.05, 0) is 47.0 Å². The van der Waals surface area contributed by atoms with Crippen molar-refractivity contribution in [2.24, 2.45) is 0 Å². The zero-order valence-electron chi connectivity index (χ0n) is 8.69. The second kappa shape index (κ2) is 5.82. The molecule has 0 saturated carbocycles. The molecule has 1 atom stereocenters. The van der Waals surface area contributed by atoms with Gasteiger partial charge in [0, 0.05) is 12.0 Å². The minimum absolute atomic E-state index is 0.00653. The zero-order valence-corrected chi connectivity index (χ0v) is 9.45. The first kappa shape index (κ1) is 12.2. The van der Waals surface area contributed by atoms with Crippen LogP contribution in [-0.4, -0.2) is 17.6 Å². The number of ether oxygens (including phenoxy) is 1. The van der Waals surface area contributed by atoms with Crippen LogP contribution in [0.2, 0.25) is 0 Å². The molecule has 0 aliphatic rings. The van der Waals surface area contributed by atoms with Crippen LogP contribution in [0.1, 0.15) is 47.0 Å². The molecule has 0 aliphatic heterocycles. The van der Waals surface area contributed by atoms with Gasteiger partial charge in [0.25, 0.3) is 0 Å². The van der Waals surface area contributed by atoms with Crippen molar-refractivity contribution in [3.63, 3.8) is 0 Å². The van der Waals surface area contributed by atoms with Gasteiger partial charge in [0.15, 0.2) is 0 Å². The molecule has 74 valence electrons. The van der Waals surface area contributed by atoms with E-state index in [0.717, 1.165) is 19.4 Å². The molecular weight excluding hydrogens is 172 g/mol. The molecule has 0 N–H and O–H groups in total. The summed E-state index contributed by atoms with van der Waals surface area (Å²) >= 11 is 5.81. The van der Waals surface area contributed by atoms with Gasteiger partial charge >= 0.3 is 0 Å². The van der Waals surface area contributed by atoms with Crippen molar-refractivity contribution in [2.45, 2.75) is 57.9 Å². The fourth-order valence-electron chi connectivity index (χ4n) is 0.906. The van der Waals surface area contributed by atoms with Gasteiger partial charge in [-0.25, -0.2) is 0 Å². The Labute approximate surface area is 81.4 Å². The van der Waals surface area contributed by atoms with Crippen LogP contribution in [0.5, 0.6) is 0 Å². The number of alkyl halides is 1. The predicted molar refractivity (Wildman–Crippen MR) is 54.9 cm³/mol. The Morgan fingerprint density at radius 1 is 1.25 bits per heavy atom. The average molecular weight is 193 g/mol. The number of hydrogen-bond acceptors (Lipinski definition) is 1. The minimum atomic E-state index is 0.00653. The Kier molecular flexibility index (Phi) is 5.94. The van der Waals surface area contributed by atoms with Crippen LogP contribution in [0.4, 0.5) is 0 Å². The third-order valence-electron chi connectivity index (χ3n) is 1.53. The van der Waals surface area contributed by atoms with E-state index >= 15 is 0 Å². The summed E-state index contributed by atoms with van der Waals surface area (Å²) in [6, 6.07) is 0. The van der Waals surface area contributed by atoms with Crippen LogP contribution >= 0.6 is 11.6 Å². The van der Waals surface area contributed by atoms with Crippen molar-refractivity contribution in [3.05, 3.63) is 0 Å². The number of halogens is 1. The molecule has 1 nitrogen and oxygen atoms in total. The molecule has 0 bridgehead atoms. The zero-order chi connectivity index (χ0) is 9.61. The Morgan fingerprint density at radius 3 is 2.25 bits per heavy atom. The van der Waals surface area contributed by atoms with Crippen molar-refractivity contribution < 1.29 is 4.74 Å². The minimum Gasteiger partial charge on any atom is -0.376 e. The summed E-state index contributed by atoms with van der Waals surface area (Å²) in [5.41, 5.74) is 0.00653. The van der Waals surface area contributed by atoms with E-state index in [9.17, 15) is 0 Å². The quantitative estimate of drug-likeness (QED) is 0.478. The Morgan fingerprint density at radius 2 is 1.83 bits per heavy atom. The van der Waals surface area contributed by atoms with Gasteiger partial charge in [-0.2, -0.15) is 0 Å². The summed E-state index contributed by atoms with van der Waals surface area (Å²) in [4.78, 5) is 0. The summed E-state index contributed by atoms with van der Waals surface area (Å²) in [7, 11) is 0. The highest BCUT2D eigenvalue weighted by Gasteiger charge is 2.08. The highest BCUT2D eigenvalue weighted by Crippen LogP contribution is 2.10. The maximum atomic E-state index is 5.81. The summed E-state index contributed by atoms with van der Waals surface area (Å²) in [5, 5.41) is 0.305. The van der Waals surface area contributed by atoms with Gasteiger partial charge in [0.05, 0.1) is 5.60 Å². The number of hydrogen-bond donors (Lipinski definition) is 0. The number of unbranched alkanes of at least 4 members (excludes halogenated alkanes) is 1. The van der Waals surface area contributed by atoms with E-state index in [1.54, 1.807) is 0 Å². The molecule has 2 heteroatoms. The van der Waals surface area contributed by atoms with Crippen molar-refractivity contribution in [1.29, 1.82) is 0 Å². The average Bonchev–Trinajstić information content (AvgIpc) is 1.83. The third-order valence-corrected chi connectivity index (χ3v) is 1.75. The van der Waals surface area contributed by atoms with Crippen LogP contribution in [0, 0.1) is 0 Å². The first-order valence-corrected chi connectivity index (χ1v) is 5.13. The first-order valence-electron chi connectivity index (χ1n) is 4.70. The van der Waals surface area contributed by atoms with Crippen LogP contribution in [0.25, 0.3) is 0 Å². The lowest BCUT2D eigenvalue weighted by molar-refractivity contribution is -0.00468. The molecule has 0 rings (SSSR count). The fraction of sp³-hybridized carbons (Fsp3) is 1.00. The van der Waals surface area contributed by atoms with Gasteiger partial charge < -0.3 is 4.74 Å². The standard InChI is InChI=1S/C10H21ClO/c1-9(11)7-5-6-8-12-10(2,3)4/h9H,5-8H2,1-4H3. The number of rotatable bonds is 5. The SMILES string of the molecule is CC(Cl)CCCCOC(C)(C)C. The maximum absolute atomic E-state index is 5.81. The van der Waals surface area contributed by atoms with Crippen LogP contribution in [0.15, 0.2) is 0 Å². The van der Waals surface area contributed by atoms with Gasteiger partial charge in [-0.15, -0.1) is 11.6 Å². The molecule has 0 amide bonds. The fourth-order valence-corrected chi connectivity index (χ4v) is 1.06. The van der Waals surface area contributed by atoms with Crippen molar-refractivity contribution in [3.8, 4) is 0 Å². The topological polar surface area (TPSA) is 9.23 Å². The van der Waals surface area contributed by atoms with E-state index in [-0.39, 0.29) is 5.60 Å². The molecule has 0 spiro atoms. The Bertz CT molecular complexity index is 105. The lowest BCUT2D eigenvalue weighted by atomic mass is 10.2. The molecular formula is C10H21ClO. The van der Waals surface area contributed by atoms with Crippen LogP contribution in [-0.2, 0) is 4.74 Å². The smallest absolute Gasteiger partial charge is 0.0598 e. The molecule has 0 heterocycles. The third kappa shape index (κ3) is 10.2. The molecule has 0 saturated heterocycles. The second-order valence-corrected chi connectivity index (χ2v) is 4.98. The van der Waals surface area contributed by atoms with E-state index < -0.39 is 0 Å².